The van der Waals surface area contributed by atoms with Crippen molar-refractivity contribution in [3.05, 3.63) is 60.2 Å². The molecule has 2 heterocycles. The van der Waals surface area contributed by atoms with Crippen molar-refractivity contribution in [1.29, 1.82) is 0 Å². The normalized spacial score (nSPS) is 22.6. The number of hydrogen-bond acceptors (Lipinski definition) is 5. The van der Waals surface area contributed by atoms with Crippen molar-refractivity contribution in [2.24, 2.45) is 5.16 Å². The standard InChI is InChI=1S/C24H27N3O4/c1-31-25-20-14-22(24(30)26-13-5-8-21(28)16-26)27(15-20)23(29)19-11-9-18(10-12-19)17-6-3-2-4-7-17/h2-4,6-7,9-12,21-22,28H,5,8,13-16H2,1H3. The summed E-state index contributed by atoms with van der Waals surface area (Å²) < 4.78 is 0. The van der Waals surface area contributed by atoms with Gasteiger partial charge in [0.15, 0.2) is 0 Å². The number of carbonyl (C=O) groups is 2. The van der Waals surface area contributed by atoms with E-state index in [4.69, 9.17) is 4.84 Å². The maximum Gasteiger partial charge on any atom is 0.254 e. The summed E-state index contributed by atoms with van der Waals surface area (Å²) in [7, 11) is 1.46. The molecule has 0 bridgehead atoms. The summed E-state index contributed by atoms with van der Waals surface area (Å²) in [5.41, 5.74) is 3.28. The van der Waals surface area contributed by atoms with Crippen LogP contribution in [0.5, 0.6) is 0 Å². The van der Waals surface area contributed by atoms with Gasteiger partial charge in [-0.1, -0.05) is 47.6 Å². The minimum Gasteiger partial charge on any atom is -0.399 e. The predicted octanol–water partition coefficient (Wildman–Crippen LogP) is 2.55. The highest BCUT2D eigenvalue weighted by molar-refractivity contribution is 6.05. The molecule has 2 aliphatic rings. The van der Waals surface area contributed by atoms with Gasteiger partial charge in [-0.25, -0.2) is 0 Å². The Bertz CT molecular complexity index is 959. The average molecular weight is 421 g/mol. The molecule has 7 heteroatoms. The molecule has 0 saturated carbocycles. The Balaban J connectivity index is 1.55. The Morgan fingerprint density at radius 2 is 1.77 bits per heavy atom. The van der Waals surface area contributed by atoms with Gasteiger partial charge in [-0.05, 0) is 36.1 Å². The maximum absolute atomic E-state index is 13.3. The average Bonchev–Trinajstić information content (AvgIpc) is 3.23. The first kappa shape index (κ1) is 21.1. The Morgan fingerprint density at radius 1 is 1.06 bits per heavy atom. The lowest BCUT2D eigenvalue weighted by molar-refractivity contribution is -0.138. The minimum absolute atomic E-state index is 0.144. The molecular weight excluding hydrogens is 394 g/mol. The van der Waals surface area contributed by atoms with Crippen LogP contribution in [0.4, 0.5) is 0 Å². The first-order valence-corrected chi connectivity index (χ1v) is 10.6. The second kappa shape index (κ2) is 9.31. The highest BCUT2D eigenvalue weighted by atomic mass is 16.6. The number of β-amino-alcohol motifs (C(OH)–C–C–N with tert-alkyl or cyclic N) is 1. The topological polar surface area (TPSA) is 82.4 Å². The van der Waals surface area contributed by atoms with E-state index in [0.29, 0.717) is 37.2 Å². The smallest absolute Gasteiger partial charge is 0.254 e. The Morgan fingerprint density at radius 3 is 2.45 bits per heavy atom. The molecule has 0 aliphatic carbocycles. The van der Waals surface area contributed by atoms with Crippen molar-refractivity contribution >= 4 is 17.5 Å². The zero-order valence-electron chi connectivity index (χ0n) is 17.6. The number of aliphatic hydroxyl groups excluding tert-OH is 1. The summed E-state index contributed by atoms with van der Waals surface area (Å²) in [5.74, 6) is -0.355. The Labute approximate surface area is 181 Å². The number of amides is 2. The highest BCUT2D eigenvalue weighted by Gasteiger charge is 2.41. The van der Waals surface area contributed by atoms with Crippen molar-refractivity contribution in [2.45, 2.75) is 31.4 Å². The first-order chi connectivity index (χ1) is 15.1. The number of benzene rings is 2. The lowest BCUT2D eigenvalue weighted by Gasteiger charge is -2.34. The van der Waals surface area contributed by atoms with Crippen LogP contribution in [-0.2, 0) is 9.63 Å². The largest absolute Gasteiger partial charge is 0.399 e. The van der Waals surface area contributed by atoms with Gasteiger partial charge in [0.05, 0.1) is 18.4 Å². The molecule has 0 spiro atoms. The van der Waals surface area contributed by atoms with E-state index in [-0.39, 0.29) is 18.4 Å². The van der Waals surface area contributed by atoms with E-state index in [0.717, 1.165) is 17.5 Å². The van der Waals surface area contributed by atoms with E-state index < -0.39 is 12.1 Å². The van der Waals surface area contributed by atoms with Gasteiger partial charge in [0, 0.05) is 25.1 Å². The number of rotatable bonds is 4. The first-order valence-electron chi connectivity index (χ1n) is 10.6. The van der Waals surface area contributed by atoms with E-state index in [1.54, 1.807) is 21.9 Å². The van der Waals surface area contributed by atoms with Crippen LogP contribution >= 0.6 is 0 Å². The number of carbonyl (C=O) groups excluding carboxylic acids is 2. The number of oxime groups is 1. The summed E-state index contributed by atoms with van der Waals surface area (Å²) in [4.78, 5) is 34.7. The maximum atomic E-state index is 13.3. The monoisotopic (exact) mass is 421 g/mol. The molecule has 4 rings (SSSR count). The van der Waals surface area contributed by atoms with E-state index in [2.05, 4.69) is 5.16 Å². The van der Waals surface area contributed by atoms with Crippen LogP contribution < -0.4 is 0 Å². The highest BCUT2D eigenvalue weighted by Crippen LogP contribution is 2.25. The molecule has 2 saturated heterocycles. The zero-order chi connectivity index (χ0) is 21.8. The molecule has 0 aromatic heterocycles. The van der Waals surface area contributed by atoms with Gasteiger partial charge in [-0.15, -0.1) is 0 Å². The zero-order valence-corrected chi connectivity index (χ0v) is 17.6. The van der Waals surface area contributed by atoms with Crippen LogP contribution in [0.1, 0.15) is 29.6 Å². The molecule has 2 fully saturated rings. The van der Waals surface area contributed by atoms with Gasteiger partial charge in [-0.3, -0.25) is 9.59 Å². The summed E-state index contributed by atoms with van der Waals surface area (Å²) in [6.07, 6.45) is 1.28. The number of nitrogens with zero attached hydrogens (tertiary/aromatic N) is 3. The van der Waals surface area contributed by atoms with Crippen molar-refractivity contribution in [3.63, 3.8) is 0 Å². The fraction of sp³-hybridized carbons (Fsp3) is 0.375. The van der Waals surface area contributed by atoms with Gasteiger partial charge in [0.25, 0.3) is 5.91 Å². The number of hydrogen-bond donors (Lipinski definition) is 1. The number of likely N-dealkylation sites (tertiary alicyclic amines) is 2. The third kappa shape index (κ3) is 4.61. The molecule has 162 valence electrons. The number of aliphatic hydroxyl groups is 1. The van der Waals surface area contributed by atoms with E-state index in [1.165, 1.54) is 7.11 Å². The second-order valence-electron chi connectivity index (χ2n) is 8.02. The molecule has 0 radical (unpaired) electrons. The third-order valence-electron chi connectivity index (χ3n) is 5.87. The van der Waals surface area contributed by atoms with Gasteiger partial charge in [0.1, 0.15) is 13.2 Å². The number of piperidine rings is 1. The molecule has 31 heavy (non-hydrogen) atoms. The van der Waals surface area contributed by atoms with Gasteiger partial charge in [-0.2, -0.15) is 0 Å². The van der Waals surface area contributed by atoms with E-state index >= 15 is 0 Å². The minimum atomic E-state index is -0.638. The summed E-state index contributed by atoms with van der Waals surface area (Å²) in [6.45, 7) is 1.15. The van der Waals surface area contributed by atoms with E-state index in [9.17, 15) is 14.7 Å². The van der Waals surface area contributed by atoms with Crippen LogP contribution in [-0.4, -0.2) is 71.3 Å². The SMILES string of the molecule is CON=C1CC(C(=O)N2CCCC(O)C2)N(C(=O)c2ccc(-c3ccccc3)cc2)C1. The van der Waals surface area contributed by atoms with Crippen LogP contribution in [0.3, 0.4) is 0 Å². The van der Waals surface area contributed by atoms with Gasteiger partial charge >= 0.3 is 0 Å². The summed E-state index contributed by atoms with van der Waals surface area (Å²) in [5, 5.41) is 14.0. The second-order valence-corrected chi connectivity index (χ2v) is 8.02. The molecule has 2 aromatic rings. The lowest BCUT2D eigenvalue weighted by Crippen LogP contribution is -2.51. The fourth-order valence-corrected chi connectivity index (χ4v) is 4.30. The van der Waals surface area contributed by atoms with Gasteiger partial charge < -0.3 is 19.7 Å². The fourth-order valence-electron chi connectivity index (χ4n) is 4.30. The van der Waals surface area contributed by atoms with E-state index in [1.807, 2.05) is 42.5 Å². The van der Waals surface area contributed by atoms with Crippen molar-refractivity contribution in [3.8, 4) is 11.1 Å². The molecule has 1 N–H and O–H groups in total. The molecule has 2 atom stereocenters. The summed E-state index contributed by atoms with van der Waals surface area (Å²) >= 11 is 0. The predicted molar refractivity (Wildman–Crippen MR) is 118 cm³/mol. The summed E-state index contributed by atoms with van der Waals surface area (Å²) in [6, 6.07) is 16.7. The third-order valence-corrected chi connectivity index (χ3v) is 5.87. The van der Waals surface area contributed by atoms with Crippen LogP contribution in [0.2, 0.25) is 0 Å². The quantitative estimate of drug-likeness (QED) is 0.770. The molecule has 2 aromatic carbocycles. The van der Waals surface area contributed by atoms with Gasteiger partial charge in [0.2, 0.25) is 5.91 Å². The Hall–Kier alpha value is -3.19. The van der Waals surface area contributed by atoms with Crippen LogP contribution in [0.15, 0.2) is 59.8 Å². The molecule has 2 unspecified atom stereocenters. The van der Waals surface area contributed by atoms with Crippen molar-refractivity contribution < 1.29 is 19.5 Å². The molecular formula is C24H27N3O4. The molecule has 2 amide bonds. The van der Waals surface area contributed by atoms with Crippen molar-refractivity contribution in [1.82, 2.24) is 9.80 Å². The van der Waals surface area contributed by atoms with Crippen LogP contribution in [0.25, 0.3) is 11.1 Å². The Kier molecular flexibility index (Phi) is 6.32. The van der Waals surface area contributed by atoms with Crippen molar-refractivity contribution in [2.75, 3.05) is 26.7 Å². The molecule has 2 aliphatic heterocycles. The lowest BCUT2D eigenvalue weighted by atomic mass is 10.0. The van der Waals surface area contributed by atoms with Crippen LogP contribution in [0, 0.1) is 0 Å². The molecule has 7 nitrogen and oxygen atoms in total.